The normalized spacial score (nSPS) is 9.36. The molecule has 1 heteroatoms. The Labute approximate surface area is 85.0 Å². The molecule has 0 aliphatic carbocycles. The highest BCUT2D eigenvalue weighted by Crippen LogP contribution is 2.22. The maximum atomic E-state index is 9.25. The Balaban J connectivity index is 0.000000461. The van der Waals surface area contributed by atoms with E-state index in [0.29, 0.717) is 5.75 Å². The lowest BCUT2D eigenvalue weighted by molar-refractivity contribution is 0.476. The molecule has 2 aromatic rings. The largest absolute Gasteiger partial charge is 0.508 e. The van der Waals surface area contributed by atoms with Gasteiger partial charge in [-0.15, -0.1) is 0 Å². The number of hydrogen-bond donors (Lipinski definition) is 1. The van der Waals surface area contributed by atoms with Crippen LogP contribution in [-0.4, -0.2) is 5.11 Å². The van der Waals surface area contributed by atoms with Crippen LogP contribution >= 0.6 is 0 Å². The van der Waals surface area contributed by atoms with Crippen LogP contribution in [0, 0.1) is 6.92 Å². The van der Waals surface area contributed by atoms with Crippen LogP contribution in [-0.2, 0) is 0 Å². The predicted octanol–water partition coefficient (Wildman–Crippen LogP) is 3.88. The van der Waals surface area contributed by atoms with Gasteiger partial charge < -0.3 is 5.11 Å². The van der Waals surface area contributed by atoms with Crippen molar-refractivity contribution in [2.45, 2.75) is 20.8 Å². The number of phenols is 1. The van der Waals surface area contributed by atoms with Gasteiger partial charge in [0.25, 0.3) is 0 Å². The molecular formula is C13H16O. The van der Waals surface area contributed by atoms with Gasteiger partial charge in [-0.1, -0.05) is 38.1 Å². The van der Waals surface area contributed by atoms with E-state index in [0.717, 1.165) is 5.39 Å². The van der Waals surface area contributed by atoms with Crippen molar-refractivity contribution >= 4 is 10.8 Å². The average Bonchev–Trinajstić information content (AvgIpc) is 2.22. The molecular weight excluding hydrogens is 172 g/mol. The molecule has 0 fully saturated rings. The zero-order valence-electron chi connectivity index (χ0n) is 8.91. The highest BCUT2D eigenvalue weighted by Gasteiger charge is 1.96. The van der Waals surface area contributed by atoms with Gasteiger partial charge in [0.2, 0.25) is 0 Å². The molecule has 0 saturated carbocycles. The molecule has 0 bridgehead atoms. The van der Waals surface area contributed by atoms with Crippen molar-refractivity contribution < 1.29 is 5.11 Å². The second-order valence-electron chi connectivity index (χ2n) is 2.98. The second kappa shape index (κ2) is 4.66. The topological polar surface area (TPSA) is 20.2 Å². The summed E-state index contributed by atoms with van der Waals surface area (Å²) >= 11 is 0. The number of benzene rings is 2. The van der Waals surface area contributed by atoms with E-state index < -0.39 is 0 Å². The van der Waals surface area contributed by atoms with Gasteiger partial charge in [-0.3, -0.25) is 0 Å². The second-order valence-corrected chi connectivity index (χ2v) is 2.98. The van der Waals surface area contributed by atoms with Crippen LogP contribution in [0.4, 0.5) is 0 Å². The summed E-state index contributed by atoms with van der Waals surface area (Å²) in [5, 5.41) is 11.6. The van der Waals surface area contributed by atoms with Crippen molar-refractivity contribution in [2.75, 3.05) is 0 Å². The zero-order valence-corrected chi connectivity index (χ0v) is 8.91. The Bertz CT molecular complexity index is 419. The molecule has 1 nitrogen and oxygen atoms in total. The standard InChI is InChI=1S/C11H10O.C2H6/c1-8-3-2-4-9-5-6-10(12)7-11(8)9;1-2/h2-7,12H,1H3;1-2H3. The minimum absolute atomic E-state index is 0.330. The van der Waals surface area contributed by atoms with Crippen LogP contribution in [0.2, 0.25) is 0 Å². The van der Waals surface area contributed by atoms with Crippen LogP contribution in [0.5, 0.6) is 5.75 Å². The van der Waals surface area contributed by atoms with Crippen molar-refractivity contribution in [1.29, 1.82) is 0 Å². The molecule has 14 heavy (non-hydrogen) atoms. The first-order valence-corrected chi connectivity index (χ1v) is 4.96. The average molecular weight is 188 g/mol. The highest BCUT2D eigenvalue weighted by atomic mass is 16.3. The lowest BCUT2D eigenvalue weighted by Gasteiger charge is -2.01. The fraction of sp³-hybridized carbons (Fsp3) is 0.231. The fourth-order valence-corrected chi connectivity index (χ4v) is 1.42. The molecule has 0 heterocycles. The van der Waals surface area contributed by atoms with E-state index in [1.807, 2.05) is 45.0 Å². The molecule has 0 unspecified atom stereocenters. The molecule has 0 aliphatic heterocycles. The van der Waals surface area contributed by atoms with Crippen molar-refractivity contribution in [2.24, 2.45) is 0 Å². The lowest BCUT2D eigenvalue weighted by atomic mass is 10.1. The lowest BCUT2D eigenvalue weighted by Crippen LogP contribution is -1.76. The summed E-state index contributed by atoms with van der Waals surface area (Å²) in [7, 11) is 0. The van der Waals surface area contributed by atoms with E-state index in [4.69, 9.17) is 0 Å². The van der Waals surface area contributed by atoms with E-state index in [2.05, 4.69) is 0 Å². The van der Waals surface area contributed by atoms with Gasteiger partial charge in [-0.05, 0) is 35.4 Å². The summed E-state index contributed by atoms with van der Waals surface area (Å²) in [5.74, 6) is 0.330. The molecule has 2 rings (SSSR count). The molecule has 0 atom stereocenters. The number of hydrogen-bond acceptors (Lipinski definition) is 1. The molecule has 0 radical (unpaired) electrons. The maximum absolute atomic E-state index is 9.25. The number of phenolic OH excluding ortho intramolecular Hbond substituents is 1. The summed E-state index contributed by atoms with van der Waals surface area (Å²) in [5.41, 5.74) is 1.20. The van der Waals surface area contributed by atoms with Gasteiger partial charge in [0.05, 0.1) is 0 Å². The third kappa shape index (κ3) is 2.05. The zero-order chi connectivity index (χ0) is 10.6. The van der Waals surface area contributed by atoms with Gasteiger partial charge in [0, 0.05) is 0 Å². The first-order valence-electron chi connectivity index (χ1n) is 4.96. The van der Waals surface area contributed by atoms with Crippen LogP contribution in [0.15, 0.2) is 36.4 Å². The van der Waals surface area contributed by atoms with Gasteiger partial charge in [0.1, 0.15) is 5.75 Å². The first kappa shape index (κ1) is 10.6. The number of aryl methyl sites for hydroxylation is 1. The summed E-state index contributed by atoms with van der Waals surface area (Å²) in [6.07, 6.45) is 0. The van der Waals surface area contributed by atoms with Crippen molar-refractivity contribution in [3.63, 3.8) is 0 Å². The molecule has 0 saturated heterocycles. The first-order chi connectivity index (χ1) is 6.77. The molecule has 74 valence electrons. The molecule has 0 amide bonds. The van der Waals surface area contributed by atoms with E-state index in [-0.39, 0.29) is 0 Å². The monoisotopic (exact) mass is 188 g/mol. The Hall–Kier alpha value is -1.50. The number of fused-ring (bicyclic) bond motifs is 1. The third-order valence-corrected chi connectivity index (χ3v) is 2.08. The molecule has 2 aromatic carbocycles. The predicted molar refractivity (Wildman–Crippen MR) is 61.7 cm³/mol. The van der Waals surface area contributed by atoms with Crippen molar-refractivity contribution in [3.8, 4) is 5.75 Å². The van der Waals surface area contributed by atoms with Gasteiger partial charge >= 0.3 is 0 Å². The minimum atomic E-state index is 0.330. The van der Waals surface area contributed by atoms with E-state index in [1.165, 1.54) is 10.9 Å². The molecule has 0 spiro atoms. The van der Waals surface area contributed by atoms with E-state index >= 15 is 0 Å². The molecule has 1 N–H and O–H groups in total. The van der Waals surface area contributed by atoms with Crippen LogP contribution in [0.3, 0.4) is 0 Å². The molecule has 0 aliphatic rings. The Morgan fingerprint density at radius 1 is 1.00 bits per heavy atom. The van der Waals surface area contributed by atoms with Gasteiger partial charge in [-0.2, -0.15) is 0 Å². The van der Waals surface area contributed by atoms with Crippen molar-refractivity contribution in [1.82, 2.24) is 0 Å². The number of aromatic hydroxyl groups is 1. The third-order valence-electron chi connectivity index (χ3n) is 2.08. The van der Waals surface area contributed by atoms with Crippen LogP contribution in [0.1, 0.15) is 19.4 Å². The fourth-order valence-electron chi connectivity index (χ4n) is 1.42. The summed E-state index contributed by atoms with van der Waals surface area (Å²) in [6, 6.07) is 11.5. The smallest absolute Gasteiger partial charge is 0.116 e. The summed E-state index contributed by atoms with van der Waals surface area (Å²) in [6.45, 7) is 6.04. The SMILES string of the molecule is CC.Cc1cccc2ccc(O)cc12. The number of rotatable bonds is 0. The van der Waals surface area contributed by atoms with Gasteiger partial charge in [0.15, 0.2) is 0 Å². The van der Waals surface area contributed by atoms with E-state index in [1.54, 1.807) is 12.1 Å². The summed E-state index contributed by atoms with van der Waals surface area (Å²) in [4.78, 5) is 0. The van der Waals surface area contributed by atoms with Crippen LogP contribution < -0.4 is 0 Å². The summed E-state index contributed by atoms with van der Waals surface area (Å²) < 4.78 is 0. The van der Waals surface area contributed by atoms with Crippen molar-refractivity contribution in [3.05, 3.63) is 42.0 Å². The Morgan fingerprint density at radius 2 is 1.71 bits per heavy atom. The quantitative estimate of drug-likeness (QED) is 0.665. The minimum Gasteiger partial charge on any atom is -0.508 e. The van der Waals surface area contributed by atoms with Gasteiger partial charge in [-0.25, -0.2) is 0 Å². The van der Waals surface area contributed by atoms with Crippen LogP contribution in [0.25, 0.3) is 10.8 Å². The Kier molecular flexibility index (Phi) is 3.52. The molecule has 0 aromatic heterocycles. The highest BCUT2D eigenvalue weighted by molar-refractivity contribution is 5.86. The maximum Gasteiger partial charge on any atom is 0.116 e. The van der Waals surface area contributed by atoms with E-state index in [9.17, 15) is 5.11 Å². The Morgan fingerprint density at radius 3 is 2.43 bits per heavy atom.